The van der Waals surface area contributed by atoms with Crippen LogP contribution in [-0.2, 0) is 16.2 Å². The Hall–Kier alpha value is -9.24. The van der Waals surface area contributed by atoms with Gasteiger partial charge in [-0.2, -0.15) is 0 Å². The summed E-state index contributed by atoms with van der Waals surface area (Å²) < 4.78 is 4.85. The molecule has 0 radical (unpaired) electrons. The first-order valence-electron chi connectivity index (χ1n) is 28.1. The first-order valence-corrected chi connectivity index (χ1v) is 28.1. The van der Waals surface area contributed by atoms with Crippen molar-refractivity contribution in [2.45, 2.75) is 57.8 Å². The minimum Gasteiger partial charge on any atom is -0.309 e. The second-order valence-electron chi connectivity index (χ2n) is 24.1. The molecule has 79 heavy (non-hydrogen) atoms. The summed E-state index contributed by atoms with van der Waals surface area (Å²) in [6.07, 6.45) is 4.55. The minimum absolute atomic E-state index is 0.0685. The molecule has 0 fully saturated rings. The van der Waals surface area contributed by atoms with Crippen LogP contribution in [0.1, 0.15) is 86.1 Å². The number of benzene rings is 11. The fraction of sp³-hybridized carbons (Fsp3) is 0.117. The molecule has 0 amide bonds. The van der Waals surface area contributed by atoms with E-state index in [0.29, 0.717) is 0 Å². The Morgan fingerprint density at radius 2 is 0.633 bits per heavy atom. The number of rotatable bonds is 6. The number of aromatic nitrogens is 2. The predicted octanol–water partition coefficient (Wildman–Crippen LogP) is 20.3. The van der Waals surface area contributed by atoms with Crippen molar-refractivity contribution in [2.75, 3.05) is 0 Å². The van der Waals surface area contributed by atoms with E-state index >= 15 is 0 Å². The van der Waals surface area contributed by atoms with Crippen LogP contribution in [0.25, 0.3) is 123 Å². The largest absolute Gasteiger partial charge is 0.309 e. The summed E-state index contributed by atoms with van der Waals surface area (Å²) in [5.74, 6) is 0. The standard InChI is InChI=1S/C77H58N2/c1-75(2)65-21-13-10-18-55(65)60-37-32-54(46-70(60)75)79-72-23-15-12-20-62(72)64-42-49(31-39-74(64)79)50-28-34-58-59-36-30-52(45-69(59)77(5,6)68(58)43-50)51-29-35-57-56-33-26-48(41-66(56)76(3,4)67(57)44-51)25-24-47-27-38-73-63(40-47)61-19-11-14-22-71(61)78(73)53-16-8-7-9-17-53/h7-46H,1-6H3. The van der Waals surface area contributed by atoms with E-state index in [4.69, 9.17) is 0 Å². The van der Waals surface area contributed by atoms with Crippen molar-refractivity contribution in [3.8, 4) is 67.0 Å². The summed E-state index contributed by atoms with van der Waals surface area (Å²) in [7, 11) is 0. The van der Waals surface area contributed by atoms with E-state index in [1.807, 2.05) is 0 Å². The van der Waals surface area contributed by atoms with Crippen LogP contribution in [0.5, 0.6) is 0 Å². The molecule has 0 spiro atoms. The third-order valence-corrected chi connectivity index (χ3v) is 18.7. The fourth-order valence-electron chi connectivity index (χ4n) is 14.5. The lowest BCUT2D eigenvalue weighted by Crippen LogP contribution is -2.15. The van der Waals surface area contributed by atoms with Gasteiger partial charge in [0.25, 0.3) is 0 Å². The Morgan fingerprint density at radius 3 is 1.24 bits per heavy atom. The first kappa shape index (κ1) is 45.9. The van der Waals surface area contributed by atoms with Gasteiger partial charge in [-0.3, -0.25) is 0 Å². The quantitative estimate of drug-likeness (QED) is 0.147. The lowest BCUT2D eigenvalue weighted by Gasteiger charge is -2.24. The second-order valence-corrected chi connectivity index (χ2v) is 24.1. The van der Waals surface area contributed by atoms with Gasteiger partial charge in [-0.05, 0) is 179 Å². The van der Waals surface area contributed by atoms with Crippen molar-refractivity contribution >= 4 is 55.8 Å². The highest BCUT2D eigenvalue weighted by atomic mass is 15.0. The monoisotopic (exact) mass is 1010 g/mol. The molecular weight excluding hydrogens is 953 g/mol. The molecule has 13 aromatic rings. The maximum Gasteiger partial charge on any atom is 0.0541 e. The number of hydrogen-bond acceptors (Lipinski definition) is 0. The van der Waals surface area contributed by atoms with E-state index < -0.39 is 0 Å². The lowest BCUT2D eigenvalue weighted by molar-refractivity contribution is 0.659. The average molecular weight is 1010 g/mol. The van der Waals surface area contributed by atoms with Crippen molar-refractivity contribution in [1.29, 1.82) is 0 Å². The number of para-hydroxylation sites is 3. The first-order chi connectivity index (χ1) is 38.4. The molecule has 3 aliphatic rings. The Labute approximate surface area is 462 Å². The molecular formula is C77H58N2. The fourth-order valence-corrected chi connectivity index (χ4v) is 14.5. The lowest BCUT2D eigenvalue weighted by atomic mass is 9.79. The van der Waals surface area contributed by atoms with Crippen LogP contribution < -0.4 is 0 Å². The summed E-state index contributed by atoms with van der Waals surface area (Å²) in [5, 5.41) is 5.08. The van der Waals surface area contributed by atoms with Crippen molar-refractivity contribution in [3.05, 3.63) is 275 Å². The zero-order valence-corrected chi connectivity index (χ0v) is 45.5. The summed E-state index contributed by atoms with van der Waals surface area (Å²) >= 11 is 0. The Balaban J connectivity index is 0.687. The number of hydrogen-bond donors (Lipinski definition) is 0. The van der Waals surface area contributed by atoms with Gasteiger partial charge in [-0.15, -0.1) is 0 Å². The topological polar surface area (TPSA) is 9.86 Å². The van der Waals surface area contributed by atoms with Gasteiger partial charge in [0.1, 0.15) is 0 Å². The van der Waals surface area contributed by atoms with Gasteiger partial charge in [0.15, 0.2) is 0 Å². The van der Waals surface area contributed by atoms with Crippen molar-refractivity contribution in [2.24, 2.45) is 0 Å². The Kier molecular flexibility index (Phi) is 9.53. The molecule has 0 atom stereocenters. The average Bonchev–Trinajstić information content (AvgIpc) is 4.37. The van der Waals surface area contributed by atoms with Crippen molar-refractivity contribution in [1.82, 2.24) is 9.13 Å². The molecule has 16 rings (SSSR count). The normalized spacial score (nSPS) is 15.0. The molecule has 0 bridgehead atoms. The zero-order valence-electron chi connectivity index (χ0n) is 45.5. The molecule has 2 nitrogen and oxygen atoms in total. The van der Waals surface area contributed by atoms with Crippen molar-refractivity contribution < 1.29 is 0 Å². The molecule has 0 aliphatic heterocycles. The van der Waals surface area contributed by atoms with E-state index in [1.165, 1.54) is 155 Å². The number of fused-ring (bicyclic) bond motifs is 15. The van der Waals surface area contributed by atoms with Gasteiger partial charge in [0.2, 0.25) is 0 Å². The van der Waals surface area contributed by atoms with E-state index in [-0.39, 0.29) is 16.2 Å². The van der Waals surface area contributed by atoms with Gasteiger partial charge in [0, 0.05) is 49.2 Å². The molecule has 0 N–H and O–H groups in total. The van der Waals surface area contributed by atoms with Crippen molar-refractivity contribution in [3.63, 3.8) is 0 Å². The van der Waals surface area contributed by atoms with E-state index in [0.717, 1.165) is 0 Å². The maximum absolute atomic E-state index is 2.48. The highest BCUT2D eigenvalue weighted by Gasteiger charge is 2.39. The van der Waals surface area contributed by atoms with Crippen LogP contribution in [0.15, 0.2) is 231 Å². The highest BCUT2D eigenvalue weighted by Crippen LogP contribution is 2.54. The van der Waals surface area contributed by atoms with E-state index in [1.54, 1.807) is 0 Å². The Morgan fingerprint density at radius 1 is 0.253 bits per heavy atom. The van der Waals surface area contributed by atoms with Crippen LogP contribution in [0.2, 0.25) is 0 Å². The van der Waals surface area contributed by atoms with Gasteiger partial charge >= 0.3 is 0 Å². The molecule has 0 saturated heterocycles. The summed E-state index contributed by atoms with van der Waals surface area (Å²) in [6, 6.07) is 86.9. The third kappa shape index (κ3) is 6.58. The SMILES string of the molecule is CC1(C)c2cc(C=Cc3ccc4c(c3)c3ccccc3n4-c3ccccc3)ccc2-c2ccc(-c3ccc4c(c3)C(C)(C)c3cc(-c5ccc6c(c5)c5ccccc5n6-c5ccc6c(c5)C(C)(C)c5ccccc5-6)ccc3-4)cc21. The molecule has 11 aromatic carbocycles. The predicted molar refractivity (Wildman–Crippen MR) is 334 cm³/mol. The van der Waals surface area contributed by atoms with Crippen LogP contribution in [0.3, 0.4) is 0 Å². The smallest absolute Gasteiger partial charge is 0.0541 e. The minimum atomic E-state index is -0.180. The summed E-state index contributed by atoms with van der Waals surface area (Å²) in [5.41, 5.74) is 30.7. The summed E-state index contributed by atoms with van der Waals surface area (Å²) in [6.45, 7) is 14.4. The van der Waals surface area contributed by atoms with Gasteiger partial charge in [-0.1, -0.05) is 205 Å². The van der Waals surface area contributed by atoms with Crippen LogP contribution in [0.4, 0.5) is 0 Å². The molecule has 2 heteroatoms. The van der Waals surface area contributed by atoms with E-state index in [9.17, 15) is 0 Å². The van der Waals surface area contributed by atoms with E-state index in [2.05, 4.69) is 293 Å². The van der Waals surface area contributed by atoms with Gasteiger partial charge in [-0.25, -0.2) is 0 Å². The molecule has 2 heterocycles. The maximum atomic E-state index is 2.48. The highest BCUT2D eigenvalue weighted by molar-refractivity contribution is 6.11. The van der Waals surface area contributed by atoms with Gasteiger partial charge in [0.05, 0.1) is 22.1 Å². The van der Waals surface area contributed by atoms with Crippen LogP contribution in [-0.4, -0.2) is 9.13 Å². The van der Waals surface area contributed by atoms with Crippen LogP contribution >= 0.6 is 0 Å². The zero-order chi connectivity index (χ0) is 53.1. The number of nitrogens with zero attached hydrogens (tertiary/aromatic N) is 2. The Bertz CT molecular complexity index is 4800. The molecule has 2 aromatic heterocycles. The molecule has 0 unspecified atom stereocenters. The summed E-state index contributed by atoms with van der Waals surface area (Å²) in [4.78, 5) is 0. The molecule has 0 saturated carbocycles. The second kappa shape index (κ2) is 16.4. The third-order valence-electron chi connectivity index (χ3n) is 18.7. The molecule has 376 valence electrons. The van der Waals surface area contributed by atoms with Crippen LogP contribution in [0, 0.1) is 0 Å². The molecule has 3 aliphatic carbocycles. The van der Waals surface area contributed by atoms with Gasteiger partial charge < -0.3 is 9.13 Å².